The van der Waals surface area contributed by atoms with Crippen LogP contribution in [-0.4, -0.2) is 42.6 Å². The van der Waals surface area contributed by atoms with E-state index in [-0.39, 0.29) is 23.4 Å². The highest BCUT2D eigenvalue weighted by Gasteiger charge is 2.54. The standard InChI is InChI=1S/C15H25FN4O/c1-3-15-6-8(16)9-5-11(15)20-13(17)12(10(7-15)19-9)14(21)18-4-2/h8,10-13,20H,3-7,17H2,1-2H3,(H,18,21). The molecule has 0 radical (unpaired) electrons. The fourth-order valence-corrected chi connectivity index (χ4v) is 4.39. The number of fused-ring (bicyclic) bond motifs is 1. The zero-order valence-electron chi connectivity index (χ0n) is 12.7. The average Bonchev–Trinajstić information content (AvgIpc) is 2.70. The SMILES string of the molecule is CCNC(=O)C1C2CC3(CC)CC(F)C(=N2)CC3NC1N. The van der Waals surface area contributed by atoms with E-state index in [2.05, 4.69) is 22.5 Å². The number of amides is 1. The van der Waals surface area contributed by atoms with Gasteiger partial charge in [0.25, 0.3) is 0 Å². The number of alkyl halides is 1. The van der Waals surface area contributed by atoms with Crippen LogP contribution in [0.5, 0.6) is 0 Å². The third-order valence-corrected chi connectivity index (χ3v) is 5.60. The number of nitrogens with zero attached hydrogens (tertiary/aromatic N) is 1. The number of halogens is 1. The van der Waals surface area contributed by atoms with Crippen molar-refractivity contribution in [2.24, 2.45) is 22.1 Å². The van der Waals surface area contributed by atoms with Crippen LogP contribution in [0, 0.1) is 11.3 Å². The molecule has 0 aromatic heterocycles. The summed E-state index contributed by atoms with van der Waals surface area (Å²) in [7, 11) is 0. The van der Waals surface area contributed by atoms with Crippen molar-refractivity contribution in [2.75, 3.05) is 6.54 Å². The van der Waals surface area contributed by atoms with Gasteiger partial charge in [0.05, 0.1) is 18.1 Å². The largest absolute Gasteiger partial charge is 0.356 e. The molecule has 6 unspecified atom stereocenters. The molecule has 4 rings (SSSR count). The summed E-state index contributed by atoms with van der Waals surface area (Å²) < 4.78 is 14.4. The van der Waals surface area contributed by atoms with Gasteiger partial charge >= 0.3 is 0 Å². The van der Waals surface area contributed by atoms with Gasteiger partial charge in [-0.1, -0.05) is 6.92 Å². The van der Waals surface area contributed by atoms with Gasteiger partial charge < -0.3 is 11.1 Å². The molecule has 21 heavy (non-hydrogen) atoms. The summed E-state index contributed by atoms with van der Waals surface area (Å²) in [6.45, 7) is 4.56. The van der Waals surface area contributed by atoms with Crippen LogP contribution in [0.4, 0.5) is 4.39 Å². The fraction of sp³-hybridized carbons (Fsp3) is 0.867. The van der Waals surface area contributed by atoms with E-state index in [0.29, 0.717) is 25.1 Å². The second-order valence-electron chi connectivity index (χ2n) is 6.65. The lowest BCUT2D eigenvalue weighted by atomic mass is 9.65. The Hall–Kier alpha value is -1.01. The summed E-state index contributed by atoms with van der Waals surface area (Å²) in [4.78, 5) is 17.0. The predicted octanol–water partition coefficient (Wildman–Crippen LogP) is 0.737. The third-order valence-electron chi connectivity index (χ3n) is 5.60. The lowest BCUT2D eigenvalue weighted by molar-refractivity contribution is -0.126. The summed E-state index contributed by atoms with van der Waals surface area (Å²) in [5.74, 6) is -0.489. The number of carbonyl (C=O) groups excluding carboxylic acids is 1. The van der Waals surface area contributed by atoms with Crippen LogP contribution in [0.1, 0.15) is 39.5 Å². The smallest absolute Gasteiger partial charge is 0.228 e. The predicted molar refractivity (Wildman–Crippen MR) is 79.8 cm³/mol. The summed E-state index contributed by atoms with van der Waals surface area (Å²) in [5, 5.41) is 6.26. The van der Waals surface area contributed by atoms with Gasteiger partial charge in [-0.3, -0.25) is 15.1 Å². The Morgan fingerprint density at radius 2 is 2.29 bits per heavy atom. The summed E-state index contributed by atoms with van der Waals surface area (Å²) >= 11 is 0. The number of carbonyl (C=O) groups is 1. The van der Waals surface area contributed by atoms with Gasteiger partial charge in [-0.15, -0.1) is 0 Å². The van der Waals surface area contributed by atoms with Crippen LogP contribution in [0.2, 0.25) is 0 Å². The van der Waals surface area contributed by atoms with Crippen LogP contribution < -0.4 is 16.4 Å². The average molecular weight is 296 g/mol. The van der Waals surface area contributed by atoms with Crippen molar-refractivity contribution in [3.8, 4) is 0 Å². The highest BCUT2D eigenvalue weighted by Crippen LogP contribution is 2.49. The molecule has 5 nitrogen and oxygen atoms in total. The maximum Gasteiger partial charge on any atom is 0.228 e. The second kappa shape index (κ2) is 5.32. The fourth-order valence-electron chi connectivity index (χ4n) is 4.39. The molecule has 4 bridgehead atoms. The van der Waals surface area contributed by atoms with Gasteiger partial charge in [-0.25, -0.2) is 4.39 Å². The minimum absolute atomic E-state index is 0.0736. The lowest BCUT2D eigenvalue weighted by Gasteiger charge is -2.43. The van der Waals surface area contributed by atoms with E-state index >= 15 is 0 Å². The summed E-state index contributed by atoms with van der Waals surface area (Å²) in [6, 6.07) is -0.0741. The Morgan fingerprint density at radius 1 is 1.52 bits per heavy atom. The molecule has 3 aliphatic heterocycles. The van der Waals surface area contributed by atoms with Gasteiger partial charge in [0.15, 0.2) is 0 Å². The van der Waals surface area contributed by atoms with Gasteiger partial charge in [0, 0.05) is 24.7 Å². The molecular weight excluding hydrogens is 271 g/mol. The van der Waals surface area contributed by atoms with Crippen LogP contribution in [-0.2, 0) is 4.79 Å². The van der Waals surface area contributed by atoms with Gasteiger partial charge in [0.1, 0.15) is 6.17 Å². The number of hydrogen-bond donors (Lipinski definition) is 3. The lowest BCUT2D eigenvalue weighted by Crippen LogP contribution is -2.59. The molecule has 1 amide bonds. The van der Waals surface area contributed by atoms with Crippen molar-refractivity contribution in [3.63, 3.8) is 0 Å². The molecule has 1 saturated heterocycles. The molecule has 0 spiro atoms. The van der Waals surface area contributed by atoms with Crippen molar-refractivity contribution < 1.29 is 9.18 Å². The maximum absolute atomic E-state index is 14.4. The Bertz CT molecular complexity index is 469. The Kier molecular flexibility index (Phi) is 3.78. The molecule has 6 atom stereocenters. The minimum Gasteiger partial charge on any atom is -0.356 e. The number of aliphatic imine (C=N–C) groups is 1. The minimum atomic E-state index is -0.961. The van der Waals surface area contributed by atoms with Crippen molar-refractivity contribution >= 4 is 11.6 Å². The zero-order valence-corrected chi connectivity index (χ0v) is 12.7. The molecule has 118 valence electrons. The molecule has 4 aliphatic rings. The first-order chi connectivity index (χ1) is 10.0. The molecule has 1 aliphatic carbocycles. The zero-order chi connectivity index (χ0) is 15.2. The van der Waals surface area contributed by atoms with Crippen molar-refractivity contribution in [3.05, 3.63) is 0 Å². The summed E-state index contributed by atoms with van der Waals surface area (Å²) in [5.41, 5.74) is 6.74. The Balaban J connectivity index is 2.00. The van der Waals surface area contributed by atoms with E-state index in [1.807, 2.05) is 6.92 Å². The molecule has 2 fully saturated rings. The van der Waals surface area contributed by atoms with E-state index < -0.39 is 18.3 Å². The quantitative estimate of drug-likeness (QED) is 0.718. The van der Waals surface area contributed by atoms with Crippen molar-refractivity contribution in [2.45, 2.75) is 64.0 Å². The molecule has 1 saturated carbocycles. The van der Waals surface area contributed by atoms with Gasteiger partial charge in [-0.2, -0.15) is 0 Å². The maximum atomic E-state index is 14.4. The number of nitrogens with one attached hydrogen (secondary N) is 2. The molecular formula is C15H25FN4O. The highest BCUT2D eigenvalue weighted by molar-refractivity contribution is 5.92. The Labute approximate surface area is 124 Å². The van der Waals surface area contributed by atoms with E-state index in [1.54, 1.807) is 0 Å². The second-order valence-corrected chi connectivity index (χ2v) is 6.65. The van der Waals surface area contributed by atoms with Gasteiger partial charge in [0.2, 0.25) is 5.91 Å². The Morgan fingerprint density at radius 3 is 2.95 bits per heavy atom. The van der Waals surface area contributed by atoms with E-state index in [9.17, 15) is 9.18 Å². The number of rotatable bonds is 3. The molecule has 3 heterocycles. The van der Waals surface area contributed by atoms with E-state index in [4.69, 9.17) is 5.73 Å². The van der Waals surface area contributed by atoms with Crippen LogP contribution in [0.15, 0.2) is 4.99 Å². The molecule has 4 N–H and O–H groups in total. The number of nitrogens with two attached hydrogens (primary N) is 1. The van der Waals surface area contributed by atoms with Gasteiger partial charge in [-0.05, 0) is 31.6 Å². The monoisotopic (exact) mass is 296 g/mol. The topological polar surface area (TPSA) is 79.5 Å². The van der Waals surface area contributed by atoms with Crippen LogP contribution in [0.25, 0.3) is 0 Å². The first-order valence-electron chi connectivity index (χ1n) is 8.00. The highest BCUT2D eigenvalue weighted by atomic mass is 19.1. The normalized spacial score (nSPS) is 45.0. The van der Waals surface area contributed by atoms with E-state index in [0.717, 1.165) is 12.8 Å². The van der Waals surface area contributed by atoms with Crippen molar-refractivity contribution in [1.29, 1.82) is 0 Å². The third kappa shape index (κ3) is 2.28. The number of hydrogen-bond acceptors (Lipinski definition) is 4. The molecule has 6 heteroatoms. The first-order valence-corrected chi connectivity index (χ1v) is 8.00. The van der Waals surface area contributed by atoms with Crippen LogP contribution in [0.3, 0.4) is 0 Å². The summed E-state index contributed by atoms with van der Waals surface area (Å²) in [6.07, 6.45) is 1.39. The van der Waals surface area contributed by atoms with E-state index in [1.165, 1.54) is 0 Å². The molecule has 0 aromatic carbocycles. The first kappa shape index (κ1) is 14.9. The van der Waals surface area contributed by atoms with Crippen LogP contribution >= 0.6 is 0 Å². The molecule has 0 aromatic rings. The van der Waals surface area contributed by atoms with Crippen molar-refractivity contribution in [1.82, 2.24) is 10.6 Å².